The number of nitrogens with zero attached hydrogens (tertiary/aromatic N) is 1. The number of hydrogen-bond acceptors (Lipinski definition) is 9. The van der Waals surface area contributed by atoms with Crippen LogP contribution in [0.5, 0.6) is 0 Å². The second-order valence-electron chi connectivity index (χ2n) is 10.4. The Morgan fingerprint density at radius 2 is 1.70 bits per heavy atom. The molecular formula is C30H40N2O10P+. The van der Waals surface area contributed by atoms with E-state index in [0.717, 1.165) is 12.7 Å². The number of amides is 3. The lowest BCUT2D eigenvalue weighted by Gasteiger charge is -2.34. The second kappa shape index (κ2) is 15.8. The number of carbonyl (C=O) groups is 4. The summed E-state index contributed by atoms with van der Waals surface area (Å²) in [5, 5.41) is 12.8. The predicted octanol–water partition coefficient (Wildman–Crippen LogP) is 5.71. The number of likely N-dealkylation sites (tertiary alicyclic amines) is 1. The first-order valence-electron chi connectivity index (χ1n) is 14.2. The molecule has 1 aliphatic rings. The van der Waals surface area contributed by atoms with Crippen molar-refractivity contribution >= 4 is 31.7 Å². The normalized spacial score (nSPS) is 20.8. The number of carboxylic acid groups (broad SMARTS) is 1. The molecule has 43 heavy (non-hydrogen) atoms. The van der Waals surface area contributed by atoms with E-state index in [9.17, 15) is 28.8 Å². The van der Waals surface area contributed by atoms with E-state index in [1.165, 1.54) is 19.1 Å². The van der Waals surface area contributed by atoms with Crippen LogP contribution in [0, 0.1) is 0 Å². The molecule has 0 aliphatic carbocycles. The van der Waals surface area contributed by atoms with Gasteiger partial charge in [-0.2, -0.15) is 9.28 Å². The first-order valence-corrected chi connectivity index (χ1v) is 15.8. The molecule has 234 valence electrons. The van der Waals surface area contributed by atoms with Crippen LogP contribution >= 0.6 is 7.60 Å². The Morgan fingerprint density at radius 3 is 2.28 bits per heavy atom. The zero-order valence-corrected chi connectivity index (χ0v) is 25.6. The highest BCUT2D eigenvalue weighted by Gasteiger charge is 2.56. The van der Waals surface area contributed by atoms with E-state index >= 15 is 0 Å². The molecule has 0 spiro atoms. The maximum Gasteiger partial charge on any atom is 0.521 e. The number of esters is 1. The van der Waals surface area contributed by atoms with Gasteiger partial charge in [0.25, 0.3) is 0 Å². The summed E-state index contributed by atoms with van der Waals surface area (Å²) in [5.41, 5.74) is 1.06. The predicted molar refractivity (Wildman–Crippen MR) is 156 cm³/mol. The van der Waals surface area contributed by atoms with Gasteiger partial charge >= 0.3 is 31.7 Å². The summed E-state index contributed by atoms with van der Waals surface area (Å²) in [6.45, 7) is 3.42. The smallest absolute Gasteiger partial charge is 0.446 e. The Kier molecular flexibility index (Phi) is 12.4. The highest BCUT2D eigenvalue weighted by molar-refractivity contribution is 7.54. The highest BCUT2D eigenvalue weighted by atomic mass is 31.2. The number of carbonyl (C=O) groups excluding carboxylic acids is 3. The van der Waals surface area contributed by atoms with Gasteiger partial charge in [-0.1, -0.05) is 48.5 Å². The highest BCUT2D eigenvalue weighted by Crippen LogP contribution is 2.54. The van der Waals surface area contributed by atoms with Gasteiger partial charge in [-0.25, -0.2) is 14.4 Å². The van der Waals surface area contributed by atoms with E-state index in [1.54, 1.807) is 25.1 Å². The van der Waals surface area contributed by atoms with Crippen molar-refractivity contribution in [1.29, 1.82) is 0 Å². The third-order valence-electron chi connectivity index (χ3n) is 7.53. The molecule has 1 heterocycles. The largest absolute Gasteiger partial charge is 0.521 e. The fourth-order valence-corrected chi connectivity index (χ4v) is 6.33. The maximum absolute atomic E-state index is 13.9. The lowest BCUT2D eigenvalue weighted by Crippen LogP contribution is -2.62. The summed E-state index contributed by atoms with van der Waals surface area (Å²) in [4.78, 5) is 51.0. The number of ether oxygens (including phenoxy) is 2. The third kappa shape index (κ3) is 8.73. The molecule has 1 fully saturated rings. The lowest BCUT2D eigenvalue weighted by molar-refractivity contribution is -0.794. The summed E-state index contributed by atoms with van der Waals surface area (Å²) in [6, 6.07) is 16.8. The fourth-order valence-electron chi connectivity index (χ4n) is 5.00. The molecule has 1 saturated heterocycles. The van der Waals surface area contributed by atoms with Gasteiger partial charge in [-0.15, -0.1) is 0 Å². The van der Waals surface area contributed by atoms with Gasteiger partial charge in [-0.3, -0.25) is 9.09 Å². The van der Waals surface area contributed by atoms with Crippen LogP contribution in [0.2, 0.25) is 0 Å². The van der Waals surface area contributed by atoms with Crippen molar-refractivity contribution in [2.45, 2.75) is 70.5 Å². The van der Waals surface area contributed by atoms with E-state index < -0.39 is 54.1 Å². The molecule has 0 saturated carbocycles. The van der Waals surface area contributed by atoms with Crippen molar-refractivity contribution < 1.29 is 51.9 Å². The molecule has 0 aromatic heterocycles. The quantitative estimate of drug-likeness (QED) is 0.116. The number of imide groups is 1. The summed E-state index contributed by atoms with van der Waals surface area (Å²) >= 11 is 0. The first-order chi connectivity index (χ1) is 20.5. The van der Waals surface area contributed by atoms with Crippen molar-refractivity contribution in [2.24, 2.45) is 0 Å². The van der Waals surface area contributed by atoms with Crippen LogP contribution in [0.4, 0.5) is 9.59 Å². The van der Waals surface area contributed by atoms with Gasteiger partial charge in [0.1, 0.15) is 12.6 Å². The fraction of sp³-hybridized carbons (Fsp3) is 0.467. The van der Waals surface area contributed by atoms with Crippen LogP contribution in [0.25, 0.3) is 0 Å². The van der Waals surface area contributed by atoms with Gasteiger partial charge in [0.2, 0.25) is 0 Å². The van der Waals surface area contributed by atoms with Gasteiger partial charge in [0.05, 0.1) is 12.1 Å². The van der Waals surface area contributed by atoms with Crippen molar-refractivity contribution in [3.8, 4) is 0 Å². The minimum atomic E-state index is -4.26. The van der Waals surface area contributed by atoms with Gasteiger partial charge in [0, 0.05) is 26.5 Å². The first kappa shape index (κ1) is 33.9. The molecule has 0 bridgehead atoms. The molecule has 3 unspecified atom stereocenters. The Hall–Kier alpha value is -3.57. The second-order valence-corrected chi connectivity index (χ2v) is 12.8. The lowest BCUT2D eigenvalue weighted by atomic mass is 10.1. The molecule has 2 aromatic carbocycles. The number of nitrogens with one attached hydrogen (secondary N) is 1. The molecule has 13 heteroatoms. The molecule has 5 atom stereocenters. The van der Waals surface area contributed by atoms with Gasteiger partial charge in [-0.05, 0) is 50.8 Å². The van der Waals surface area contributed by atoms with Crippen molar-refractivity contribution in [3.05, 3.63) is 71.8 Å². The summed E-state index contributed by atoms with van der Waals surface area (Å²) in [6.07, 6.45) is -1.62. The van der Waals surface area contributed by atoms with Crippen LogP contribution in [-0.2, 0) is 34.5 Å². The molecule has 0 radical (unpaired) electrons. The van der Waals surface area contributed by atoms with E-state index in [1.807, 2.05) is 30.3 Å². The maximum atomic E-state index is 13.9. The topological polar surface area (TPSA) is 155 Å². The van der Waals surface area contributed by atoms with Crippen LogP contribution < -0.4 is 5.32 Å². The van der Waals surface area contributed by atoms with E-state index in [2.05, 4.69) is 5.32 Å². The number of benzene rings is 2. The minimum absolute atomic E-state index is 0.00766. The standard InChI is InChI=1S/C30H39N2O10P/c1-22-13-12-20-32(22,30(36)37)27(33)26(18-10-11-19-31-29(35)40-21-24-14-6-4-7-15-24)42-43(38,39-3)23(2)41-28(34)25-16-8-5-9-17-25/h4-9,14-17,22-23,26H,10-13,18-21H2,1-3H3,(H-,31,35,36,37)/p+1/t22-,23+,26?,32?,43?/m1/s1. The molecular weight excluding hydrogens is 579 g/mol. The Morgan fingerprint density at radius 1 is 1.05 bits per heavy atom. The number of unbranched alkanes of at least 4 members (excludes halogenated alkanes) is 1. The monoisotopic (exact) mass is 619 g/mol. The van der Waals surface area contributed by atoms with Crippen LogP contribution in [0.3, 0.4) is 0 Å². The SMILES string of the molecule is COP(=O)(OC(CCCCNC(=O)OCc1ccccc1)C(=O)[N+]1(C(=O)O)CCC[C@H]1C)[C@@H](C)OC(=O)c1ccccc1. The Labute approximate surface area is 251 Å². The van der Waals surface area contributed by atoms with E-state index in [4.69, 9.17) is 18.5 Å². The average Bonchev–Trinajstić information content (AvgIpc) is 3.41. The number of quaternary nitrogens is 1. The molecule has 2 N–H and O–H groups in total. The van der Waals surface area contributed by atoms with Crippen LogP contribution in [0.15, 0.2) is 60.7 Å². The molecule has 3 rings (SSSR count). The average molecular weight is 620 g/mol. The van der Waals surface area contributed by atoms with Gasteiger partial charge < -0.3 is 24.4 Å². The van der Waals surface area contributed by atoms with Crippen LogP contribution in [-0.4, -0.2) is 71.8 Å². The summed E-state index contributed by atoms with van der Waals surface area (Å²) < 4.78 is 34.5. The van der Waals surface area contributed by atoms with E-state index in [-0.39, 0.29) is 31.7 Å². The van der Waals surface area contributed by atoms with Crippen molar-refractivity contribution in [3.63, 3.8) is 0 Å². The number of alkyl carbamates (subject to hydrolysis) is 1. The Bertz CT molecular complexity index is 1290. The zero-order chi connectivity index (χ0) is 31.5. The minimum Gasteiger partial charge on any atom is -0.446 e. The number of rotatable bonds is 14. The van der Waals surface area contributed by atoms with Crippen molar-refractivity contribution in [2.75, 3.05) is 20.2 Å². The molecule has 12 nitrogen and oxygen atoms in total. The third-order valence-corrected chi connectivity index (χ3v) is 9.58. The summed E-state index contributed by atoms with van der Waals surface area (Å²) in [7, 11) is -3.15. The molecule has 3 amide bonds. The molecule has 1 aliphatic heterocycles. The van der Waals surface area contributed by atoms with Gasteiger partial charge in [0.15, 0.2) is 11.9 Å². The molecule has 2 aromatic rings. The van der Waals surface area contributed by atoms with E-state index in [0.29, 0.717) is 25.7 Å². The van der Waals surface area contributed by atoms with Crippen molar-refractivity contribution in [1.82, 2.24) is 5.32 Å². The van der Waals surface area contributed by atoms with Crippen LogP contribution in [0.1, 0.15) is 61.9 Å². The summed E-state index contributed by atoms with van der Waals surface area (Å²) in [5.74, 6) is -2.91. The zero-order valence-electron chi connectivity index (χ0n) is 24.7. The Balaban J connectivity index is 1.67. The number of hydrogen-bond donors (Lipinski definition) is 2.